The largest absolute Gasteiger partial charge is 0.357 e. The highest BCUT2D eigenvalue weighted by molar-refractivity contribution is 5.80. The van der Waals surface area contributed by atoms with Crippen LogP contribution in [0.15, 0.2) is 23.2 Å². The number of hydrogen-bond donors (Lipinski definition) is 2. The van der Waals surface area contributed by atoms with Crippen LogP contribution in [0.1, 0.15) is 38.7 Å². The van der Waals surface area contributed by atoms with E-state index in [2.05, 4.69) is 29.5 Å². The van der Waals surface area contributed by atoms with E-state index in [0.29, 0.717) is 5.92 Å². The third-order valence-electron chi connectivity index (χ3n) is 3.44. The van der Waals surface area contributed by atoms with Crippen molar-refractivity contribution in [2.45, 2.75) is 39.2 Å². The third kappa shape index (κ3) is 4.16. The van der Waals surface area contributed by atoms with E-state index < -0.39 is 11.6 Å². The molecular formula is C16H23F2N3. The van der Waals surface area contributed by atoms with Gasteiger partial charge in [-0.15, -0.1) is 0 Å². The SMILES string of the molecule is CCNC(=NCC(C)C)NC1CC1c1c(F)cccc1F. The summed E-state index contributed by atoms with van der Waals surface area (Å²) >= 11 is 0. The molecule has 0 spiro atoms. The van der Waals surface area contributed by atoms with Crippen molar-refractivity contribution in [1.82, 2.24) is 10.6 Å². The van der Waals surface area contributed by atoms with E-state index >= 15 is 0 Å². The van der Waals surface area contributed by atoms with Gasteiger partial charge < -0.3 is 10.6 Å². The van der Waals surface area contributed by atoms with E-state index in [1.165, 1.54) is 18.2 Å². The van der Waals surface area contributed by atoms with Crippen molar-refractivity contribution >= 4 is 5.96 Å². The fraction of sp³-hybridized carbons (Fsp3) is 0.562. The van der Waals surface area contributed by atoms with Gasteiger partial charge in [0.1, 0.15) is 11.6 Å². The molecule has 2 unspecified atom stereocenters. The van der Waals surface area contributed by atoms with E-state index in [9.17, 15) is 8.78 Å². The van der Waals surface area contributed by atoms with Crippen LogP contribution in [0, 0.1) is 17.6 Å². The topological polar surface area (TPSA) is 36.4 Å². The van der Waals surface area contributed by atoms with Gasteiger partial charge in [0.25, 0.3) is 0 Å². The monoisotopic (exact) mass is 295 g/mol. The Kier molecular flexibility index (Phi) is 5.15. The lowest BCUT2D eigenvalue weighted by Crippen LogP contribution is -2.39. The van der Waals surface area contributed by atoms with Crippen molar-refractivity contribution in [1.29, 1.82) is 0 Å². The first-order chi connectivity index (χ1) is 10.0. The minimum Gasteiger partial charge on any atom is -0.357 e. The van der Waals surface area contributed by atoms with Gasteiger partial charge in [0.15, 0.2) is 5.96 Å². The van der Waals surface area contributed by atoms with Crippen LogP contribution in [0.3, 0.4) is 0 Å². The molecule has 2 N–H and O–H groups in total. The number of hydrogen-bond acceptors (Lipinski definition) is 1. The zero-order valence-electron chi connectivity index (χ0n) is 12.8. The number of guanidine groups is 1. The Bertz CT molecular complexity index is 494. The fourth-order valence-corrected chi connectivity index (χ4v) is 2.31. The Hall–Kier alpha value is -1.65. The summed E-state index contributed by atoms with van der Waals surface area (Å²) < 4.78 is 27.5. The van der Waals surface area contributed by atoms with E-state index in [-0.39, 0.29) is 17.5 Å². The predicted octanol–water partition coefficient (Wildman–Crippen LogP) is 3.03. The first kappa shape index (κ1) is 15.7. The molecular weight excluding hydrogens is 272 g/mol. The summed E-state index contributed by atoms with van der Waals surface area (Å²) in [5.74, 6) is 0.144. The van der Waals surface area contributed by atoms with Crippen LogP contribution in [-0.2, 0) is 0 Å². The molecule has 0 aromatic heterocycles. The maximum absolute atomic E-state index is 13.7. The number of halogens is 2. The van der Waals surface area contributed by atoms with Crippen LogP contribution in [0.5, 0.6) is 0 Å². The molecule has 0 bridgehead atoms. The molecule has 2 atom stereocenters. The van der Waals surface area contributed by atoms with Crippen molar-refractivity contribution in [3.8, 4) is 0 Å². The maximum Gasteiger partial charge on any atom is 0.191 e. The Morgan fingerprint density at radius 3 is 2.57 bits per heavy atom. The summed E-state index contributed by atoms with van der Waals surface area (Å²) in [6, 6.07) is 4.06. The van der Waals surface area contributed by atoms with E-state index in [1.54, 1.807) is 0 Å². The summed E-state index contributed by atoms with van der Waals surface area (Å²) in [4.78, 5) is 4.47. The van der Waals surface area contributed by atoms with Gasteiger partial charge in [-0.25, -0.2) is 8.78 Å². The second-order valence-electron chi connectivity index (χ2n) is 5.84. The van der Waals surface area contributed by atoms with Gasteiger partial charge in [-0.1, -0.05) is 19.9 Å². The number of nitrogens with zero attached hydrogens (tertiary/aromatic N) is 1. The normalized spacial score (nSPS) is 21.5. The molecule has 21 heavy (non-hydrogen) atoms. The molecule has 0 radical (unpaired) electrons. The van der Waals surface area contributed by atoms with E-state index in [4.69, 9.17) is 0 Å². The predicted molar refractivity (Wildman–Crippen MR) is 81.5 cm³/mol. The van der Waals surface area contributed by atoms with Gasteiger partial charge in [-0.05, 0) is 31.4 Å². The van der Waals surface area contributed by atoms with Gasteiger partial charge in [0, 0.05) is 30.6 Å². The lowest BCUT2D eigenvalue weighted by molar-refractivity contribution is 0.553. The molecule has 116 valence electrons. The van der Waals surface area contributed by atoms with Crippen molar-refractivity contribution in [2.24, 2.45) is 10.9 Å². The summed E-state index contributed by atoms with van der Waals surface area (Å²) in [6.07, 6.45) is 0.726. The zero-order valence-corrected chi connectivity index (χ0v) is 12.8. The minimum absolute atomic E-state index is 0.0429. The maximum atomic E-state index is 13.7. The highest BCUT2D eigenvalue weighted by Crippen LogP contribution is 2.42. The molecule has 1 aromatic carbocycles. The van der Waals surface area contributed by atoms with Gasteiger partial charge in [0.05, 0.1) is 0 Å². The van der Waals surface area contributed by atoms with Gasteiger partial charge in [0.2, 0.25) is 0 Å². The first-order valence-corrected chi connectivity index (χ1v) is 7.51. The number of nitrogens with one attached hydrogen (secondary N) is 2. The third-order valence-corrected chi connectivity index (χ3v) is 3.44. The second kappa shape index (κ2) is 6.87. The second-order valence-corrected chi connectivity index (χ2v) is 5.84. The molecule has 1 saturated carbocycles. The van der Waals surface area contributed by atoms with Crippen LogP contribution in [0.2, 0.25) is 0 Å². The first-order valence-electron chi connectivity index (χ1n) is 7.51. The van der Waals surface area contributed by atoms with Crippen LogP contribution >= 0.6 is 0 Å². The molecule has 3 nitrogen and oxygen atoms in total. The summed E-state index contributed by atoms with van der Waals surface area (Å²) in [6.45, 7) is 7.67. The van der Waals surface area contributed by atoms with Crippen molar-refractivity contribution < 1.29 is 8.78 Å². The fourth-order valence-electron chi connectivity index (χ4n) is 2.31. The van der Waals surface area contributed by atoms with Gasteiger partial charge in [-0.3, -0.25) is 4.99 Å². The van der Waals surface area contributed by atoms with Gasteiger partial charge in [-0.2, -0.15) is 0 Å². The lowest BCUT2D eigenvalue weighted by Gasteiger charge is -2.12. The number of benzene rings is 1. The van der Waals surface area contributed by atoms with Crippen LogP contribution in [-0.4, -0.2) is 25.1 Å². The Labute approximate surface area is 124 Å². The summed E-state index contributed by atoms with van der Waals surface area (Å²) in [5, 5.41) is 6.42. The Morgan fingerprint density at radius 2 is 2.00 bits per heavy atom. The van der Waals surface area contributed by atoms with Crippen molar-refractivity contribution in [2.75, 3.05) is 13.1 Å². The highest BCUT2D eigenvalue weighted by Gasteiger charge is 2.42. The molecule has 2 rings (SSSR count). The van der Waals surface area contributed by atoms with Crippen LogP contribution in [0.25, 0.3) is 0 Å². The average Bonchev–Trinajstić information content (AvgIpc) is 3.15. The number of rotatable bonds is 5. The molecule has 1 aliphatic carbocycles. The summed E-state index contributed by atoms with van der Waals surface area (Å²) in [5.41, 5.74) is 0.190. The summed E-state index contributed by atoms with van der Waals surface area (Å²) in [7, 11) is 0. The van der Waals surface area contributed by atoms with Crippen LogP contribution in [0.4, 0.5) is 8.78 Å². The lowest BCUT2D eigenvalue weighted by atomic mass is 10.1. The van der Waals surface area contributed by atoms with Crippen molar-refractivity contribution in [3.63, 3.8) is 0 Å². The van der Waals surface area contributed by atoms with E-state index in [1.807, 2.05) is 6.92 Å². The smallest absolute Gasteiger partial charge is 0.191 e. The molecule has 0 saturated heterocycles. The molecule has 1 aliphatic rings. The highest BCUT2D eigenvalue weighted by atomic mass is 19.1. The molecule has 0 amide bonds. The zero-order chi connectivity index (χ0) is 15.4. The minimum atomic E-state index is -0.464. The molecule has 1 aromatic rings. The average molecular weight is 295 g/mol. The standard InChI is InChI=1S/C16H23F2N3/c1-4-19-16(20-9-10(2)3)21-14-8-11(14)15-12(17)6-5-7-13(15)18/h5-7,10-11,14H,4,8-9H2,1-3H3,(H2,19,20,21). The van der Waals surface area contributed by atoms with E-state index in [0.717, 1.165) is 25.5 Å². The van der Waals surface area contributed by atoms with Gasteiger partial charge >= 0.3 is 0 Å². The molecule has 5 heteroatoms. The Balaban J connectivity index is 2.00. The van der Waals surface area contributed by atoms with Crippen LogP contribution < -0.4 is 10.6 Å². The molecule has 0 aliphatic heterocycles. The van der Waals surface area contributed by atoms with Crippen molar-refractivity contribution in [3.05, 3.63) is 35.4 Å². The molecule has 0 heterocycles. The quantitative estimate of drug-likeness (QED) is 0.647. The Morgan fingerprint density at radius 1 is 1.33 bits per heavy atom. The molecule has 1 fully saturated rings. The number of aliphatic imine (C=N–C) groups is 1.